The number of amides is 1. The Labute approximate surface area is 198 Å². The van der Waals surface area contributed by atoms with Crippen LogP contribution in [0.25, 0.3) is 5.69 Å². The van der Waals surface area contributed by atoms with Crippen LogP contribution in [-0.2, 0) is 9.63 Å². The average Bonchev–Trinajstić information content (AvgIpc) is 3.19. The second-order valence-corrected chi connectivity index (χ2v) is 8.88. The van der Waals surface area contributed by atoms with Crippen molar-refractivity contribution >= 4 is 40.2 Å². The zero-order chi connectivity index (χ0) is 23.4. The molecule has 1 atom stereocenters. The van der Waals surface area contributed by atoms with Gasteiger partial charge < -0.3 is 9.74 Å². The molecule has 1 aliphatic carbocycles. The summed E-state index contributed by atoms with van der Waals surface area (Å²) in [5, 5.41) is 10.4. The van der Waals surface area contributed by atoms with Crippen LogP contribution in [0, 0.1) is 5.92 Å². The van der Waals surface area contributed by atoms with Crippen molar-refractivity contribution in [2.24, 2.45) is 11.1 Å². The van der Waals surface area contributed by atoms with Crippen LogP contribution in [0.15, 0.2) is 53.4 Å². The van der Waals surface area contributed by atoms with E-state index >= 15 is 0 Å². The lowest BCUT2D eigenvalue weighted by atomic mass is 10.1. The molecule has 11 heteroatoms. The van der Waals surface area contributed by atoms with Gasteiger partial charge in [0.1, 0.15) is 12.3 Å². The molecule has 0 spiro atoms. The SMILES string of the molecule is CCN(C(=O)CC/C(=N/OCC1CC1(F)F)c1cccs1)c1cn(-c2cccnc2)nc1Cl. The summed E-state index contributed by atoms with van der Waals surface area (Å²) in [6, 6.07) is 7.33. The van der Waals surface area contributed by atoms with Gasteiger partial charge in [-0.15, -0.1) is 11.3 Å². The molecule has 174 valence electrons. The van der Waals surface area contributed by atoms with E-state index in [1.165, 1.54) is 11.3 Å². The number of halogens is 3. The van der Waals surface area contributed by atoms with Crippen molar-refractivity contribution < 1.29 is 18.4 Å². The number of pyridine rings is 1. The van der Waals surface area contributed by atoms with Crippen LogP contribution >= 0.6 is 22.9 Å². The van der Waals surface area contributed by atoms with Gasteiger partial charge in [-0.05, 0) is 30.5 Å². The van der Waals surface area contributed by atoms with Gasteiger partial charge in [0.2, 0.25) is 5.91 Å². The first kappa shape index (κ1) is 23.3. The molecule has 1 saturated carbocycles. The van der Waals surface area contributed by atoms with Crippen molar-refractivity contribution in [2.75, 3.05) is 18.1 Å². The Morgan fingerprint density at radius 3 is 2.85 bits per heavy atom. The first-order chi connectivity index (χ1) is 15.9. The molecule has 7 nitrogen and oxygen atoms in total. The van der Waals surface area contributed by atoms with E-state index in [0.717, 1.165) is 10.6 Å². The normalized spacial score (nSPS) is 17.1. The fourth-order valence-corrected chi connectivity index (χ4v) is 4.27. The Morgan fingerprint density at radius 2 is 2.21 bits per heavy atom. The van der Waals surface area contributed by atoms with E-state index in [2.05, 4.69) is 15.2 Å². The molecular weight excluding hydrogens is 472 g/mol. The molecule has 1 fully saturated rings. The van der Waals surface area contributed by atoms with Crippen molar-refractivity contribution in [1.82, 2.24) is 14.8 Å². The number of oxime groups is 1. The lowest BCUT2D eigenvalue weighted by Crippen LogP contribution is -2.30. The third-order valence-corrected chi connectivity index (χ3v) is 6.45. The number of alkyl halides is 2. The Hall–Kier alpha value is -2.85. The van der Waals surface area contributed by atoms with E-state index in [9.17, 15) is 13.6 Å². The predicted molar refractivity (Wildman–Crippen MR) is 123 cm³/mol. The van der Waals surface area contributed by atoms with Crippen molar-refractivity contribution in [2.45, 2.75) is 32.1 Å². The molecule has 3 aromatic rings. The zero-order valence-electron chi connectivity index (χ0n) is 17.8. The third kappa shape index (κ3) is 5.56. The fourth-order valence-electron chi connectivity index (χ4n) is 3.30. The van der Waals surface area contributed by atoms with Crippen LogP contribution in [0.1, 0.15) is 31.1 Å². The second-order valence-electron chi connectivity index (χ2n) is 7.57. The molecule has 0 aliphatic heterocycles. The highest BCUT2D eigenvalue weighted by Gasteiger charge is 2.57. The molecule has 3 heterocycles. The second kappa shape index (κ2) is 9.96. The van der Waals surface area contributed by atoms with E-state index in [1.807, 2.05) is 30.5 Å². The number of carbonyl (C=O) groups is 1. The number of rotatable bonds is 10. The van der Waals surface area contributed by atoms with Gasteiger partial charge >= 0.3 is 0 Å². The number of carbonyl (C=O) groups excluding carboxylic acids is 1. The summed E-state index contributed by atoms with van der Waals surface area (Å²) in [4.78, 5) is 24.7. The highest BCUT2D eigenvalue weighted by atomic mass is 35.5. The van der Waals surface area contributed by atoms with Gasteiger partial charge in [0, 0.05) is 32.0 Å². The van der Waals surface area contributed by atoms with Crippen LogP contribution in [0.4, 0.5) is 14.5 Å². The summed E-state index contributed by atoms with van der Waals surface area (Å²) in [6.07, 6.45) is 5.26. The molecular formula is C22H22ClF2N5O2S. The van der Waals surface area contributed by atoms with Crippen LogP contribution in [-0.4, -0.2) is 45.5 Å². The Balaban J connectivity index is 1.43. The molecule has 1 amide bonds. The monoisotopic (exact) mass is 493 g/mol. The smallest absolute Gasteiger partial charge is 0.255 e. The summed E-state index contributed by atoms with van der Waals surface area (Å²) in [5.41, 5.74) is 1.77. The molecule has 0 bridgehead atoms. The van der Waals surface area contributed by atoms with E-state index in [4.69, 9.17) is 16.4 Å². The molecule has 3 aromatic heterocycles. The summed E-state index contributed by atoms with van der Waals surface area (Å²) in [7, 11) is 0. The minimum Gasteiger partial charge on any atom is -0.395 e. The standard InChI is InChI=1S/C22H22ClF2N5O2S/c1-2-29(18-13-30(27-21(18)23)16-5-3-9-26-12-16)20(31)8-7-17(19-6-4-10-33-19)28-32-14-15-11-22(15,24)25/h3-6,9-10,12-13,15H,2,7-8,11,14H2,1H3/b28-17-. The average molecular weight is 494 g/mol. The molecule has 0 radical (unpaired) electrons. The minimum atomic E-state index is -2.66. The molecule has 0 aromatic carbocycles. The van der Waals surface area contributed by atoms with Crippen molar-refractivity contribution in [3.8, 4) is 5.69 Å². The molecule has 4 rings (SSSR count). The quantitative estimate of drug-likeness (QED) is 0.288. The topological polar surface area (TPSA) is 72.6 Å². The van der Waals surface area contributed by atoms with Crippen LogP contribution in [0.2, 0.25) is 5.15 Å². The summed E-state index contributed by atoms with van der Waals surface area (Å²) < 4.78 is 27.7. The number of thiophene rings is 1. The predicted octanol–water partition coefficient (Wildman–Crippen LogP) is 5.19. The van der Waals surface area contributed by atoms with Gasteiger partial charge in [-0.3, -0.25) is 9.78 Å². The van der Waals surface area contributed by atoms with Crippen molar-refractivity contribution in [3.05, 3.63) is 58.3 Å². The lowest BCUT2D eigenvalue weighted by molar-refractivity contribution is -0.118. The van der Waals surface area contributed by atoms with Gasteiger partial charge in [0.05, 0.1) is 34.6 Å². The van der Waals surface area contributed by atoms with Gasteiger partial charge in [0.25, 0.3) is 5.92 Å². The van der Waals surface area contributed by atoms with E-state index in [0.29, 0.717) is 24.4 Å². The number of hydrogen-bond acceptors (Lipinski definition) is 6. The first-order valence-corrected chi connectivity index (χ1v) is 11.7. The van der Waals surface area contributed by atoms with Crippen LogP contribution < -0.4 is 4.90 Å². The number of anilines is 1. The Morgan fingerprint density at radius 1 is 1.39 bits per heavy atom. The largest absolute Gasteiger partial charge is 0.395 e. The Kier molecular flexibility index (Phi) is 7.04. The molecule has 1 aliphatic rings. The zero-order valence-corrected chi connectivity index (χ0v) is 19.4. The van der Waals surface area contributed by atoms with E-state index in [-0.39, 0.29) is 30.5 Å². The summed E-state index contributed by atoms with van der Waals surface area (Å²) >= 11 is 7.78. The molecule has 1 unspecified atom stereocenters. The summed E-state index contributed by atoms with van der Waals surface area (Å²) in [5.74, 6) is -3.61. The van der Waals surface area contributed by atoms with Gasteiger partial charge in [-0.2, -0.15) is 5.10 Å². The molecule has 0 saturated heterocycles. The van der Waals surface area contributed by atoms with Gasteiger partial charge in [0.15, 0.2) is 5.15 Å². The number of aromatic nitrogens is 3. The first-order valence-electron chi connectivity index (χ1n) is 10.5. The maximum absolute atomic E-state index is 13.1. The maximum atomic E-state index is 13.1. The summed E-state index contributed by atoms with van der Waals surface area (Å²) in [6.45, 7) is 2.11. The van der Waals surface area contributed by atoms with Crippen LogP contribution in [0.5, 0.6) is 0 Å². The Bertz CT molecular complexity index is 1120. The minimum absolute atomic E-state index is 0.139. The number of hydrogen-bond donors (Lipinski definition) is 0. The highest BCUT2D eigenvalue weighted by molar-refractivity contribution is 7.12. The van der Waals surface area contributed by atoms with Crippen molar-refractivity contribution in [1.29, 1.82) is 0 Å². The molecule has 33 heavy (non-hydrogen) atoms. The van der Waals surface area contributed by atoms with E-state index < -0.39 is 11.8 Å². The fraction of sp³-hybridized carbons (Fsp3) is 0.364. The third-order valence-electron chi connectivity index (χ3n) is 5.26. The van der Waals surface area contributed by atoms with Gasteiger partial charge in [-0.1, -0.05) is 22.8 Å². The lowest BCUT2D eigenvalue weighted by Gasteiger charge is -2.19. The highest BCUT2D eigenvalue weighted by Crippen LogP contribution is 2.48. The maximum Gasteiger partial charge on any atom is 0.255 e. The van der Waals surface area contributed by atoms with Crippen molar-refractivity contribution in [3.63, 3.8) is 0 Å². The van der Waals surface area contributed by atoms with Crippen LogP contribution in [0.3, 0.4) is 0 Å². The van der Waals surface area contributed by atoms with E-state index in [1.54, 1.807) is 34.2 Å². The number of nitrogens with zero attached hydrogens (tertiary/aromatic N) is 5. The van der Waals surface area contributed by atoms with Gasteiger partial charge in [-0.25, -0.2) is 13.5 Å². The molecule has 0 N–H and O–H groups in total.